The Bertz CT molecular complexity index is 2030. The van der Waals surface area contributed by atoms with Crippen LogP contribution in [-0.2, 0) is 65.4 Å². The molecule has 0 aliphatic carbocycles. The average molecular weight is 1540 g/mol. The van der Waals surface area contributed by atoms with Crippen molar-refractivity contribution in [1.29, 1.82) is 0 Å². The van der Waals surface area contributed by atoms with Gasteiger partial charge in [0.2, 0.25) is 0 Å². The number of esters is 4. The van der Waals surface area contributed by atoms with E-state index in [2.05, 4.69) is 48.5 Å². The van der Waals surface area contributed by atoms with Crippen LogP contribution in [0, 0.1) is 17.8 Å². The highest BCUT2D eigenvalue weighted by Gasteiger charge is 2.30. The maximum Gasteiger partial charge on any atom is 0.472 e. The van der Waals surface area contributed by atoms with Gasteiger partial charge in [-0.3, -0.25) is 37.3 Å². The Hall–Kier alpha value is -1.94. The molecule has 0 aliphatic rings. The van der Waals surface area contributed by atoms with Crippen LogP contribution in [0.2, 0.25) is 0 Å². The van der Waals surface area contributed by atoms with Crippen molar-refractivity contribution in [2.45, 2.75) is 471 Å². The summed E-state index contributed by atoms with van der Waals surface area (Å²) in [6.07, 6.45) is 66.6. The Labute approximate surface area is 645 Å². The smallest absolute Gasteiger partial charge is 0.462 e. The van der Waals surface area contributed by atoms with Gasteiger partial charge in [-0.2, -0.15) is 0 Å². The van der Waals surface area contributed by atoms with Gasteiger partial charge in [0.1, 0.15) is 19.3 Å². The molecule has 3 unspecified atom stereocenters. The summed E-state index contributed by atoms with van der Waals surface area (Å²) in [6, 6.07) is 0. The third-order valence-electron chi connectivity index (χ3n) is 20.5. The summed E-state index contributed by atoms with van der Waals surface area (Å²) in [6.45, 7) is 12.0. The fourth-order valence-electron chi connectivity index (χ4n) is 13.3. The van der Waals surface area contributed by atoms with Gasteiger partial charge in [0, 0.05) is 25.7 Å². The van der Waals surface area contributed by atoms with E-state index in [-0.39, 0.29) is 25.7 Å². The number of hydrogen-bond acceptors (Lipinski definition) is 15. The van der Waals surface area contributed by atoms with Gasteiger partial charge in [-0.15, -0.1) is 0 Å². The first-order valence-electron chi connectivity index (χ1n) is 44.4. The van der Waals surface area contributed by atoms with Crippen molar-refractivity contribution in [2.24, 2.45) is 17.8 Å². The van der Waals surface area contributed by atoms with Crippen LogP contribution in [0.15, 0.2) is 0 Å². The first-order valence-corrected chi connectivity index (χ1v) is 47.4. The highest BCUT2D eigenvalue weighted by atomic mass is 31.2. The van der Waals surface area contributed by atoms with Crippen LogP contribution in [-0.4, -0.2) is 96.7 Å². The van der Waals surface area contributed by atoms with Gasteiger partial charge in [-0.1, -0.05) is 402 Å². The van der Waals surface area contributed by atoms with Crippen LogP contribution in [0.5, 0.6) is 0 Å². The zero-order valence-corrected chi connectivity index (χ0v) is 71.0. The average Bonchev–Trinajstić information content (AvgIpc) is 0.907. The lowest BCUT2D eigenvalue weighted by Crippen LogP contribution is -2.30. The van der Waals surface area contributed by atoms with E-state index in [9.17, 15) is 43.2 Å². The molecule has 0 heterocycles. The summed E-state index contributed by atoms with van der Waals surface area (Å²) in [7, 11) is -9.93. The molecule has 0 fully saturated rings. The molecule has 0 saturated carbocycles. The minimum absolute atomic E-state index is 0.106. The number of carbonyl (C=O) groups is 4. The van der Waals surface area contributed by atoms with Crippen molar-refractivity contribution < 1.29 is 80.2 Å². The van der Waals surface area contributed by atoms with E-state index in [0.717, 1.165) is 108 Å². The summed E-state index contributed by atoms with van der Waals surface area (Å²) in [5.41, 5.74) is 0. The molecular weight excluding hydrogens is 1370 g/mol. The number of aliphatic hydroxyl groups is 1. The number of ether oxygens (including phenoxy) is 4. The van der Waals surface area contributed by atoms with E-state index in [1.807, 2.05) is 0 Å². The summed E-state index contributed by atoms with van der Waals surface area (Å²) in [5.74, 6) is 0.263. The van der Waals surface area contributed by atoms with E-state index in [4.69, 9.17) is 37.0 Å². The number of rotatable bonds is 84. The Balaban J connectivity index is 5.26. The summed E-state index contributed by atoms with van der Waals surface area (Å²) in [5, 5.41) is 10.7. The normalized spacial score (nSPS) is 14.1. The highest BCUT2D eigenvalue weighted by Crippen LogP contribution is 2.45. The molecule has 0 rings (SSSR count). The molecule has 0 bridgehead atoms. The molecular formula is C86H168O17P2. The van der Waals surface area contributed by atoms with Gasteiger partial charge in [0.15, 0.2) is 12.2 Å². The number of aliphatic hydroxyl groups excluding tert-OH is 1. The largest absolute Gasteiger partial charge is 0.472 e. The molecule has 6 atom stereocenters. The molecule has 0 spiro atoms. The standard InChI is InChI=1S/C86H168O17P2/c1-8-10-11-12-13-14-15-16-17-18-19-20-21-24-28-31-41-48-55-62-69-85(90)102-81(73-96-83(88)67-60-53-46-39-30-27-25-22-23-26-29-36-43-50-57-64-77(3)4)75-100-104(92,93)98-71-80(87)72-99-105(94,95)101-76-82(74-97-84(89)68-61-54-47-40-34-32-37-44-51-58-65-78(5)6)103-86(91)70-63-56-49-42-35-33-38-45-52-59-66-79(7)9-2/h77-82,87H,8-76H2,1-7H3,(H,92,93)(H,94,95)/t79?,80-,81-,82-/m1/s1. The second-order valence-electron chi connectivity index (χ2n) is 32.1. The zero-order chi connectivity index (χ0) is 77.2. The summed E-state index contributed by atoms with van der Waals surface area (Å²) >= 11 is 0. The topological polar surface area (TPSA) is 237 Å². The van der Waals surface area contributed by atoms with Gasteiger partial charge >= 0.3 is 39.5 Å². The lowest BCUT2D eigenvalue weighted by Gasteiger charge is -2.21. The molecule has 0 aliphatic heterocycles. The minimum atomic E-state index is -4.97. The van der Waals surface area contributed by atoms with Gasteiger partial charge in [-0.05, 0) is 43.4 Å². The van der Waals surface area contributed by atoms with Crippen molar-refractivity contribution in [2.75, 3.05) is 39.6 Å². The second-order valence-corrected chi connectivity index (χ2v) is 35.0. The van der Waals surface area contributed by atoms with Crippen LogP contribution in [0.25, 0.3) is 0 Å². The number of unbranched alkanes of at least 4 members (excludes halogenated alkanes) is 51. The molecule has 0 aromatic carbocycles. The minimum Gasteiger partial charge on any atom is -0.462 e. The number of phosphoric ester groups is 2. The molecule has 624 valence electrons. The zero-order valence-electron chi connectivity index (χ0n) is 69.2. The molecule has 0 saturated heterocycles. The van der Waals surface area contributed by atoms with Crippen LogP contribution < -0.4 is 0 Å². The fraction of sp³-hybridized carbons (Fsp3) is 0.953. The third-order valence-corrected chi connectivity index (χ3v) is 22.4. The van der Waals surface area contributed by atoms with Gasteiger partial charge in [-0.25, -0.2) is 9.13 Å². The second kappa shape index (κ2) is 76.1. The van der Waals surface area contributed by atoms with Gasteiger partial charge in [0.25, 0.3) is 0 Å². The van der Waals surface area contributed by atoms with E-state index in [0.29, 0.717) is 25.7 Å². The lowest BCUT2D eigenvalue weighted by molar-refractivity contribution is -0.161. The Morgan fingerprint density at radius 1 is 0.276 bits per heavy atom. The molecule has 19 heteroatoms. The van der Waals surface area contributed by atoms with E-state index in [1.54, 1.807) is 0 Å². The first kappa shape index (κ1) is 103. The maximum absolute atomic E-state index is 13.2. The van der Waals surface area contributed by atoms with E-state index < -0.39 is 97.5 Å². The van der Waals surface area contributed by atoms with Crippen LogP contribution in [0.4, 0.5) is 0 Å². The van der Waals surface area contributed by atoms with Crippen molar-refractivity contribution in [3.63, 3.8) is 0 Å². The first-order chi connectivity index (χ1) is 50.8. The van der Waals surface area contributed by atoms with Crippen LogP contribution in [0.1, 0.15) is 453 Å². The van der Waals surface area contributed by atoms with Crippen LogP contribution in [0.3, 0.4) is 0 Å². The molecule has 3 N–H and O–H groups in total. The van der Waals surface area contributed by atoms with E-state index >= 15 is 0 Å². The van der Waals surface area contributed by atoms with Crippen molar-refractivity contribution in [3.05, 3.63) is 0 Å². The van der Waals surface area contributed by atoms with Crippen molar-refractivity contribution in [1.82, 2.24) is 0 Å². The molecule has 0 aromatic rings. The summed E-state index contributed by atoms with van der Waals surface area (Å²) in [4.78, 5) is 73.3. The fourth-order valence-corrected chi connectivity index (χ4v) is 14.9. The number of carbonyl (C=O) groups excluding carboxylic acids is 4. The quantitative estimate of drug-likeness (QED) is 0.0222. The van der Waals surface area contributed by atoms with Crippen molar-refractivity contribution in [3.8, 4) is 0 Å². The molecule has 105 heavy (non-hydrogen) atoms. The van der Waals surface area contributed by atoms with Crippen molar-refractivity contribution >= 4 is 39.5 Å². The van der Waals surface area contributed by atoms with Gasteiger partial charge < -0.3 is 33.8 Å². The monoisotopic (exact) mass is 1540 g/mol. The van der Waals surface area contributed by atoms with E-state index in [1.165, 1.54) is 263 Å². The summed E-state index contributed by atoms with van der Waals surface area (Å²) < 4.78 is 68.9. The maximum atomic E-state index is 13.2. The number of hydrogen-bond donors (Lipinski definition) is 3. The SMILES string of the molecule is CCCCCCCCCCCCCCCCCCCCCCC(=O)O[C@H](COC(=O)CCCCCCCCCCCCCCCCCC(C)C)COP(=O)(O)OC[C@@H](O)COP(=O)(O)OC[C@@H](COC(=O)CCCCCCCCCCCCC(C)C)OC(=O)CCCCCCCCCCCCC(C)CC. The predicted octanol–water partition coefficient (Wildman–Crippen LogP) is 26.1. The Morgan fingerprint density at radius 2 is 0.486 bits per heavy atom. The molecule has 0 aromatic heterocycles. The number of phosphoric acid groups is 2. The Morgan fingerprint density at radius 3 is 0.724 bits per heavy atom. The highest BCUT2D eigenvalue weighted by molar-refractivity contribution is 7.47. The van der Waals surface area contributed by atoms with Gasteiger partial charge in [0.05, 0.1) is 26.4 Å². The molecule has 17 nitrogen and oxygen atoms in total. The van der Waals surface area contributed by atoms with Crippen LogP contribution >= 0.6 is 15.6 Å². The Kier molecular flexibility index (Phi) is 74.7. The lowest BCUT2D eigenvalue weighted by atomic mass is 9.99. The third kappa shape index (κ3) is 78.5. The predicted molar refractivity (Wildman–Crippen MR) is 432 cm³/mol. The molecule has 0 radical (unpaired) electrons. The molecule has 0 amide bonds.